The van der Waals surface area contributed by atoms with Gasteiger partial charge in [-0.2, -0.15) is 0 Å². The number of hydrogen-bond donors (Lipinski definition) is 2. The van der Waals surface area contributed by atoms with Crippen molar-refractivity contribution in [2.45, 2.75) is 77.5 Å². The maximum absolute atomic E-state index is 12.5. The van der Waals surface area contributed by atoms with Crippen LogP contribution in [0.5, 0.6) is 0 Å². The van der Waals surface area contributed by atoms with Crippen molar-refractivity contribution >= 4 is 29.3 Å². The zero-order valence-electron chi connectivity index (χ0n) is 18.9. The van der Waals surface area contributed by atoms with Crippen LogP contribution in [0.25, 0.3) is 0 Å². The molecule has 2 aromatic rings. The Balaban J connectivity index is 1.55. The van der Waals surface area contributed by atoms with Crippen molar-refractivity contribution < 1.29 is 9.59 Å². The summed E-state index contributed by atoms with van der Waals surface area (Å²) in [6, 6.07) is 6.13. The fraction of sp³-hybridized carbons (Fsp3) is 0.565. The molecule has 31 heavy (non-hydrogen) atoms. The van der Waals surface area contributed by atoms with Gasteiger partial charge in [0.05, 0.1) is 12.2 Å². The Morgan fingerprint density at radius 2 is 1.90 bits per heavy atom. The lowest BCUT2D eigenvalue weighted by molar-refractivity contribution is -0.120. The maximum atomic E-state index is 12.5. The zero-order valence-corrected chi connectivity index (χ0v) is 19.7. The van der Waals surface area contributed by atoms with Gasteiger partial charge in [0.25, 0.3) is 0 Å². The van der Waals surface area contributed by atoms with Gasteiger partial charge in [-0.05, 0) is 62.8 Å². The molecule has 0 bridgehead atoms. The molecule has 2 amide bonds. The van der Waals surface area contributed by atoms with Gasteiger partial charge in [-0.15, -0.1) is 10.2 Å². The van der Waals surface area contributed by atoms with Crippen LogP contribution < -0.4 is 10.6 Å². The average Bonchev–Trinajstić information content (AvgIpc) is 3.12. The van der Waals surface area contributed by atoms with Crippen LogP contribution in [0.15, 0.2) is 23.4 Å². The van der Waals surface area contributed by atoms with E-state index in [2.05, 4.69) is 27.8 Å². The number of carbonyl (C=O) groups is 2. The van der Waals surface area contributed by atoms with Gasteiger partial charge in [-0.25, -0.2) is 0 Å². The number of hydrogen-bond acceptors (Lipinski definition) is 5. The first kappa shape index (κ1) is 23.3. The fourth-order valence-corrected chi connectivity index (χ4v) is 4.78. The van der Waals surface area contributed by atoms with Crippen molar-refractivity contribution in [2.75, 3.05) is 11.1 Å². The Morgan fingerprint density at radius 1 is 1.13 bits per heavy atom. The molecule has 2 N–H and O–H groups in total. The number of benzene rings is 1. The molecule has 2 atom stereocenters. The number of aryl methyl sites for hydroxylation is 2. The molecule has 1 heterocycles. The van der Waals surface area contributed by atoms with Gasteiger partial charge in [0.1, 0.15) is 5.82 Å². The van der Waals surface area contributed by atoms with Crippen molar-refractivity contribution in [2.24, 2.45) is 5.92 Å². The molecular formula is C23H33N5O2S. The van der Waals surface area contributed by atoms with Crippen LogP contribution >= 0.6 is 11.8 Å². The van der Waals surface area contributed by atoms with Gasteiger partial charge >= 0.3 is 0 Å². The molecule has 0 spiro atoms. The summed E-state index contributed by atoms with van der Waals surface area (Å²) in [5, 5.41) is 15.2. The van der Waals surface area contributed by atoms with Gasteiger partial charge < -0.3 is 15.2 Å². The Hall–Kier alpha value is -2.35. The first-order valence-electron chi connectivity index (χ1n) is 11.1. The van der Waals surface area contributed by atoms with Crippen molar-refractivity contribution in [3.05, 3.63) is 35.2 Å². The molecule has 1 aromatic carbocycles. The Labute approximate surface area is 188 Å². The van der Waals surface area contributed by atoms with Crippen LogP contribution in [0, 0.1) is 19.8 Å². The van der Waals surface area contributed by atoms with E-state index in [4.69, 9.17) is 0 Å². The molecular weight excluding hydrogens is 410 g/mol. The summed E-state index contributed by atoms with van der Waals surface area (Å²) < 4.78 is 1.90. The molecule has 3 rings (SSSR count). The highest BCUT2D eigenvalue weighted by Crippen LogP contribution is 2.24. The molecule has 0 saturated heterocycles. The number of amides is 2. The van der Waals surface area contributed by atoms with E-state index in [1.807, 2.05) is 43.5 Å². The number of carbonyl (C=O) groups excluding carboxylic acids is 2. The van der Waals surface area contributed by atoms with Gasteiger partial charge in [0.2, 0.25) is 11.8 Å². The summed E-state index contributed by atoms with van der Waals surface area (Å²) in [4.78, 5) is 24.9. The van der Waals surface area contributed by atoms with E-state index in [9.17, 15) is 9.59 Å². The predicted octanol–water partition coefficient (Wildman–Crippen LogP) is 3.88. The van der Waals surface area contributed by atoms with Gasteiger partial charge in [0.15, 0.2) is 5.16 Å². The SMILES string of the molecule is CCn1c(CC(=O)Nc2ccc(C)c(C)c2)nnc1SCC(=O)N[C@H]1CCCC[C@H]1C. The number of aromatic nitrogens is 3. The minimum Gasteiger partial charge on any atom is -0.352 e. The number of nitrogens with zero attached hydrogens (tertiary/aromatic N) is 3. The Bertz CT molecular complexity index is 927. The quantitative estimate of drug-likeness (QED) is 0.605. The lowest BCUT2D eigenvalue weighted by Crippen LogP contribution is -2.41. The van der Waals surface area contributed by atoms with E-state index in [-0.39, 0.29) is 24.3 Å². The number of thioether (sulfide) groups is 1. The molecule has 8 heteroatoms. The van der Waals surface area contributed by atoms with Crippen LogP contribution in [0.2, 0.25) is 0 Å². The van der Waals surface area contributed by atoms with Crippen LogP contribution in [0.4, 0.5) is 5.69 Å². The van der Waals surface area contributed by atoms with E-state index in [1.54, 1.807) is 0 Å². The molecule has 0 aliphatic heterocycles. The normalized spacial score (nSPS) is 18.6. The molecule has 1 aliphatic rings. The maximum Gasteiger partial charge on any atom is 0.232 e. The third-order valence-electron chi connectivity index (χ3n) is 6.01. The standard InChI is InChI=1S/C23H33N5O2S/c1-5-28-20(13-21(29)24-18-11-10-15(2)17(4)12-18)26-27-23(28)31-14-22(30)25-19-9-7-6-8-16(19)3/h10-12,16,19H,5-9,13-14H2,1-4H3,(H,24,29)(H,25,30)/t16-,19+/m1/s1. The second-order valence-electron chi connectivity index (χ2n) is 8.39. The largest absolute Gasteiger partial charge is 0.352 e. The highest BCUT2D eigenvalue weighted by atomic mass is 32.2. The van der Waals surface area contributed by atoms with Crippen molar-refractivity contribution in [1.29, 1.82) is 0 Å². The summed E-state index contributed by atoms with van der Waals surface area (Å²) >= 11 is 1.37. The van der Waals surface area contributed by atoms with Crippen molar-refractivity contribution in [3.8, 4) is 0 Å². The monoisotopic (exact) mass is 443 g/mol. The minimum absolute atomic E-state index is 0.0310. The van der Waals surface area contributed by atoms with E-state index >= 15 is 0 Å². The molecule has 1 saturated carbocycles. The molecule has 0 unspecified atom stereocenters. The van der Waals surface area contributed by atoms with Crippen LogP contribution in [-0.4, -0.2) is 38.4 Å². The van der Waals surface area contributed by atoms with Crippen LogP contribution in [0.1, 0.15) is 56.5 Å². The van der Waals surface area contributed by atoms with E-state index in [0.29, 0.717) is 29.2 Å². The highest BCUT2D eigenvalue weighted by Gasteiger charge is 2.23. The van der Waals surface area contributed by atoms with Gasteiger partial charge in [-0.3, -0.25) is 9.59 Å². The number of nitrogens with one attached hydrogen (secondary N) is 2. The smallest absolute Gasteiger partial charge is 0.232 e. The summed E-state index contributed by atoms with van der Waals surface area (Å²) in [5.41, 5.74) is 3.10. The molecule has 168 valence electrons. The summed E-state index contributed by atoms with van der Waals surface area (Å²) in [5.74, 6) is 1.34. The number of rotatable bonds is 8. The first-order valence-corrected chi connectivity index (χ1v) is 12.1. The van der Waals surface area contributed by atoms with Crippen LogP contribution in [-0.2, 0) is 22.6 Å². The van der Waals surface area contributed by atoms with Crippen molar-refractivity contribution in [1.82, 2.24) is 20.1 Å². The minimum atomic E-state index is -0.133. The van der Waals surface area contributed by atoms with E-state index in [0.717, 1.165) is 17.7 Å². The topological polar surface area (TPSA) is 88.9 Å². The van der Waals surface area contributed by atoms with Gasteiger partial charge in [-0.1, -0.05) is 37.6 Å². The lowest BCUT2D eigenvalue weighted by atomic mass is 9.86. The summed E-state index contributed by atoms with van der Waals surface area (Å²) in [6.07, 6.45) is 4.81. The summed E-state index contributed by atoms with van der Waals surface area (Å²) in [7, 11) is 0. The predicted molar refractivity (Wildman–Crippen MR) is 124 cm³/mol. The van der Waals surface area contributed by atoms with E-state index in [1.165, 1.54) is 36.6 Å². The molecule has 7 nitrogen and oxygen atoms in total. The number of anilines is 1. The van der Waals surface area contributed by atoms with E-state index < -0.39 is 0 Å². The summed E-state index contributed by atoms with van der Waals surface area (Å²) in [6.45, 7) is 8.90. The fourth-order valence-electron chi connectivity index (χ4n) is 3.95. The van der Waals surface area contributed by atoms with Crippen molar-refractivity contribution in [3.63, 3.8) is 0 Å². The molecule has 0 radical (unpaired) electrons. The molecule has 1 fully saturated rings. The Morgan fingerprint density at radius 3 is 2.61 bits per heavy atom. The second kappa shape index (κ2) is 10.8. The van der Waals surface area contributed by atoms with Gasteiger partial charge in [0, 0.05) is 18.3 Å². The third kappa shape index (κ3) is 6.32. The second-order valence-corrected chi connectivity index (χ2v) is 9.33. The lowest BCUT2D eigenvalue weighted by Gasteiger charge is -2.29. The van der Waals surface area contributed by atoms with Crippen LogP contribution in [0.3, 0.4) is 0 Å². The molecule has 1 aromatic heterocycles. The Kier molecular flexibility index (Phi) is 8.12. The first-order chi connectivity index (χ1) is 14.9. The average molecular weight is 444 g/mol. The highest BCUT2D eigenvalue weighted by molar-refractivity contribution is 7.99. The molecule has 1 aliphatic carbocycles. The third-order valence-corrected chi connectivity index (χ3v) is 6.98. The zero-order chi connectivity index (χ0) is 22.4.